The van der Waals surface area contributed by atoms with Crippen LogP contribution in [0.3, 0.4) is 0 Å². The van der Waals surface area contributed by atoms with Crippen LogP contribution in [0.25, 0.3) is 0 Å². The lowest BCUT2D eigenvalue weighted by Crippen LogP contribution is -2.45. The van der Waals surface area contributed by atoms with Crippen molar-refractivity contribution in [2.45, 2.75) is 37.8 Å². The van der Waals surface area contributed by atoms with Crippen LogP contribution >= 0.6 is 15.9 Å². The molecule has 0 unspecified atom stereocenters. The van der Waals surface area contributed by atoms with Crippen molar-refractivity contribution in [3.63, 3.8) is 0 Å². The molecule has 0 atom stereocenters. The number of carbonyl (C=O) groups is 2. The summed E-state index contributed by atoms with van der Waals surface area (Å²) in [5.74, 6) is 1.88. The maximum Gasteiger partial charge on any atom is 0.363 e. The van der Waals surface area contributed by atoms with Crippen molar-refractivity contribution < 1.29 is 37.3 Å². The van der Waals surface area contributed by atoms with E-state index >= 15 is 0 Å². The van der Waals surface area contributed by atoms with Gasteiger partial charge in [-0.05, 0) is 19.8 Å². The second-order valence-electron chi connectivity index (χ2n) is 4.60. The summed E-state index contributed by atoms with van der Waals surface area (Å²) >= 11 is 2.07. The molecule has 0 rings (SSSR count). The first-order chi connectivity index (χ1) is 11.2. The molecule has 0 radical (unpaired) electrons. The van der Waals surface area contributed by atoms with Crippen LogP contribution < -0.4 is 0 Å². The van der Waals surface area contributed by atoms with Gasteiger partial charge in [-0.25, -0.2) is 0 Å². The van der Waals surface area contributed by atoms with Crippen LogP contribution in [0.1, 0.15) is 26.7 Å². The first-order valence-electron chi connectivity index (χ1n) is 7.13. The van der Waals surface area contributed by atoms with E-state index in [4.69, 9.17) is 18.9 Å². The minimum atomic E-state index is -3.44. The number of methoxy groups -OCH3 is 2. The predicted octanol–water partition coefficient (Wildman–Crippen LogP) is 2.49. The van der Waals surface area contributed by atoms with Gasteiger partial charge in [0.15, 0.2) is 11.7 Å². The molecule has 24 heavy (non-hydrogen) atoms. The van der Waals surface area contributed by atoms with Crippen LogP contribution in [-0.4, -0.2) is 50.5 Å². The van der Waals surface area contributed by atoms with Crippen LogP contribution in [0.4, 0.5) is 8.78 Å². The lowest BCUT2D eigenvalue weighted by atomic mass is 9.80. The van der Waals surface area contributed by atoms with Crippen molar-refractivity contribution in [3.05, 3.63) is 0 Å². The lowest BCUT2D eigenvalue weighted by molar-refractivity contribution is -0.184. The normalized spacial score (nSPS) is 11.7. The Morgan fingerprint density at radius 2 is 1.54 bits per heavy atom. The number of alkyl halides is 3. The summed E-state index contributed by atoms with van der Waals surface area (Å²) in [4.78, 5) is 21.4. The highest BCUT2D eigenvalue weighted by atomic mass is 79.9. The Morgan fingerprint density at radius 1 is 1.08 bits per heavy atom. The zero-order chi connectivity index (χ0) is 18.8. The fourth-order valence-corrected chi connectivity index (χ4v) is 1.99. The number of hydrogen-bond acceptors (Lipinski definition) is 6. The average Bonchev–Trinajstić information content (AvgIpc) is 2.50. The first kappa shape index (κ1) is 22.8. The molecule has 0 aromatic heterocycles. The number of ether oxygens (including phenoxy) is 4. The third-order valence-corrected chi connectivity index (χ3v) is 3.19. The Hall–Kier alpha value is -1.24. The maximum absolute atomic E-state index is 12.9. The summed E-state index contributed by atoms with van der Waals surface area (Å²) in [6.07, 6.45) is -1.78. The van der Waals surface area contributed by atoms with Gasteiger partial charge in [-0.1, -0.05) is 5.92 Å². The molecule has 0 aliphatic carbocycles. The fraction of sp³-hybridized carbons (Fsp3) is 0.733. The molecule has 0 bridgehead atoms. The van der Waals surface area contributed by atoms with Gasteiger partial charge in [-0.2, -0.15) is 8.78 Å². The Kier molecular flexibility index (Phi) is 10.0. The zero-order valence-corrected chi connectivity index (χ0v) is 15.6. The molecule has 0 aromatic carbocycles. The number of hydrogen-bond donors (Lipinski definition) is 0. The molecule has 0 N–H and O–H groups in total. The molecule has 9 heteroatoms. The van der Waals surface area contributed by atoms with E-state index in [1.165, 1.54) is 14.2 Å². The third-order valence-electron chi connectivity index (χ3n) is 2.99. The molecule has 6 nitrogen and oxygen atoms in total. The van der Waals surface area contributed by atoms with Crippen LogP contribution in [-0.2, 0) is 28.5 Å². The van der Waals surface area contributed by atoms with E-state index in [1.54, 1.807) is 19.8 Å². The van der Waals surface area contributed by atoms with Gasteiger partial charge in [0.25, 0.3) is 0 Å². The van der Waals surface area contributed by atoms with Crippen LogP contribution in [0.5, 0.6) is 0 Å². The molecule has 0 heterocycles. The van der Waals surface area contributed by atoms with E-state index in [-0.39, 0.29) is 19.6 Å². The highest BCUT2D eigenvalue weighted by molar-refractivity contribution is 9.10. The highest BCUT2D eigenvalue weighted by Gasteiger charge is 2.50. The van der Waals surface area contributed by atoms with Crippen molar-refractivity contribution in [1.29, 1.82) is 0 Å². The average molecular weight is 415 g/mol. The number of carbonyl (C=O) groups excluding carboxylic acids is 2. The quantitative estimate of drug-likeness (QED) is 0.190. The van der Waals surface area contributed by atoms with Gasteiger partial charge in [-0.3, -0.25) is 9.59 Å². The van der Waals surface area contributed by atoms with Crippen molar-refractivity contribution in [2.24, 2.45) is 5.41 Å². The summed E-state index contributed by atoms with van der Waals surface area (Å²) in [6, 6.07) is 0. The molecule has 0 fully saturated rings. The molecule has 0 amide bonds. The minimum absolute atomic E-state index is 0.00729. The van der Waals surface area contributed by atoms with Crippen molar-refractivity contribution >= 4 is 27.9 Å². The van der Waals surface area contributed by atoms with Crippen LogP contribution in [0.15, 0.2) is 0 Å². The molecule has 0 aliphatic heterocycles. The highest BCUT2D eigenvalue weighted by Crippen LogP contribution is 2.33. The van der Waals surface area contributed by atoms with Gasteiger partial charge in [0.1, 0.15) is 0 Å². The van der Waals surface area contributed by atoms with Gasteiger partial charge in [0, 0.05) is 43.0 Å². The smallest absolute Gasteiger partial charge is 0.363 e. The third kappa shape index (κ3) is 7.11. The lowest BCUT2D eigenvalue weighted by Gasteiger charge is -2.30. The topological polar surface area (TPSA) is 71.1 Å². The molecule has 0 saturated heterocycles. The molecule has 0 aromatic rings. The standard InChI is InChI=1S/C15H21BrF2O6/c1-5-23-12(19)14(13(20)24-6-2,10-11(21-3)22-4)8-7-9-15(16,17)18/h11H,5-6,8,10H2,1-4H3. The molecular weight excluding hydrogens is 394 g/mol. The SMILES string of the molecule is CCOC(=O)C(CC#CC(F)(F)Br)(CC(OC)OC)C(=O)OCC. The summed E-state index contributed by atoms with van der Waals surface area (Å²) in [5, 5.41) is 0. The summed E-state index contributed by atoms with van der Waals surface area (Å²) in [7, 11) is 2.63. The summed E-state index contributed by atoms with van der Waals surface area (Å²) in [6.45, 7) is 3.09. The molecular formula is C15H21BrF2O6. The van der Waals surface area contributed by atoms with E-state index < -0.39 is 34.9 Å². The van der Waals surface area contributed by atoms with E-state index in [0.717, 1.165) is 0 Å². The monoisotopic (exact) mass is 414 g/mol. The largest absolute Gasteiger partial charge is 0.465 e. The van der Waals surface area contributed by atoms with E-state index in [0.29, 0.717) is 0 Å². The van der Waals surface area contributed by atoms with Crippen LogP contribution in [0.2, 0.25) is 0 Å². The molecule has 0 spiro atoms. The summed E-state index contributed by atoms with van der Waals surface area (Å²) < 4.78 is 45.6. The van der Waals surface area contributed by atoms with Gasteiger partial charge in [0.05, 0.1) is 13.2 Å². The predicted molar refractivity (Wildman–Crippen MR) is 84.4 cm³/mol. The molecule has 0 aliphatic rings. The van der Waals surface area contributed by atoms with Gasteiger partial charge in [0.2, 0.25) is 0 Å². The van der Waals surface area contributed by atoms with Crippen LogP contribution in [0, 0.1) is 17.3 Å². The maximum atomic E-state index is 12.9. The second-order valence-corrected chi connectivity index (χ2v) is 5.60. The first-order valence-corrected chi connectivity index (χ1v) is 7.92. The van der Waals surface area contributed by atoms with E-state index in [9.17, 15) is 18.4 Å². The molecule has 0 saturated carbocycles. The Bertz CT molecular complexity index is 459. The molecule has 138 valence electrons. The Labute approximate surface area is 148 Å². The Morgan fingerprint density at radius 3 is 1.88 bits per heavy atom. The number of halogens is 3. The van der Waals surface area contributed by atoms with Crippen molar-refractivity contribution in [1.82, 2.24) is 0 Å². The van der Waals surface area contributed by atoms with Gasteiger partial charge in [-0.15, -0.1) is 0 Å². The van der Waals surface area contributed by atoms with Crippen molar-refractivity contribution in [2.75, 3.05) is 27.4 Å². The van der Waals surface area contributed by atoms with Gasteiger partial charge < -0.3 is 18.9 Å². The Balaban J connectivity index is 5.85. The fourth-order valence-electron chi connectivity index (χ4n) is 1.85. The van der Waals surface area contributed by atoms with E-state index in [2.05, 4.69) is 21.9 Å². The second kappa shape index (κ2) is 10.6. The van der Waals surface area contributed by atoms with E-state index in [1.807, 2.05) is 0 Å². The van der Waals surface area contributed by atoms with Crippen molar-refractivity contribution in [3.8, 4) is 11.8 Å². The van der Waals surface area contributed by atoms with Gasteiger partial charge >= 0.3 is 16.8 Å². The summed E-state index contributed by atoms with van der Waals surface area (Å²) in [5.41, 5.74) is -1.94. The number of rotatable bonds is 9. The minimum Gasteiger partial charge on any atom is -0.465 e. The number of esters is 2. The zero-order valence-electron chi connectivity index (χ0n) is 14.0.